The van der Waals surface area contributed by atoms with Gasteiger partial charge in [-0.1, -0.05) is 0 Å². The zero-order valence-electron chi connectivity index (χ0n) is 9.17. The molecule has 0 N–H and O–H groups in total. The summed E-state index contributed by atoms with van der Waals surface area (Å²) in [5, 5.41) is 0. The quantitative estimate of drug-likeness (QED) is 0.503. The van der Waals surface area contributed by atoms with Gasteiger partial charge in [0.15, 0.2) is 0 Å². The number of hydrogen-bond acceptors (Lipinski definition) is 2. The molecule has 0 aromatic heterocycles. The molecule has 1 saturated heterocycles. The summed E-state index contributed by atoms with van der Waals surface area (Å²) in [6.45, 7) is 4.59. The molecule has 1 aliphatic heterocycles. The predicted octanol–water partition coefficient (Wildman–Crippen LogP) is 2.36. The maximum atomic E-state index is 5.77. The van der Waals surface area contributed by atoms with E-state index in [0.29, 0.717) is 0 Å². The second-order valence-electron chi connectivity index (χ2n) is 4.13. The van der Waals surface area contributed by atoms with Crippen molar-refractivity contribution in [2.75, 3.05) is 39.2 Å². The summed E-state index contributed by atoms with van der Waals surface area (Å²) in [5.74, 6) is 1.65. The first-order valence-electron chi connectivity index (χ1n) is 5.64. The Morgan fingerprint density at radius 1 is 1.50 bits per heavy atom. The van der Waals surface area contributed by atoms with Crippen LogP contribution < -0.4 is 0 Å². The normalized spacial score (nSPS) is 24.0. The van der Waals surface area contributed by atoms with Crippen LogP contribution in [0.15, 0.2) is 0 Å². The third-order valence-electron chi connectivity index (χ3n) is 2.94. The highest BCUT2D eigenvalue weighted by molar-refractivity contribution is 6.17. The number of methoxy groups -OCH3 is 1. The van der Waals surface area contributed by atoms with Gasteiger partial charge in [-0.05, 0) is 38.1 Å². The van der Waals surface area contributed by atoms with E-state index in [0.717, 1.165) is 24.8 Å². The van der Waals surface area contributed by atoms with Crippen LogP contribution in [0.2, 0.25) is 0 Å². The van der Waals surface area contributed by atoms with Crippen LogP contribution in [0, 0.1) is 5.92 Å². The molecule has 14 heavy (non-hydrogen) atoms. The van der Waals surface area contributed by atoms with Crippen molar-refractivity contribution in [3.05, 3.63) is 0 Å². The van der Waals surface area contributed by atoms with E-state index in [2.05, 4.69) is 4.90 Å². The second-order valence-corrected chi connectivity index (χ2v) is 4.51. The number of piperidine rings is 1. The van der Waals surface area contributed by atoms with Gasteiger partial charge >= 0.3 is 0 Å². The van der Waals surface area contributed by atoms with Gasteiger partial charge in [0.25, 0.3) is 0 Å². The molecule has 0 saturated carbocycles. The summed E-state index contributed by atoms with van der Waals surface area (Å²) in [5.41, 5.74) is 0. The van der Waals surface area contributed by atoms with Gasteiger partial charge in [-0.2, -0.15) is 0 Å². The fraction of sp³-hybridized carbons (Fsp3) is 1.00. The van der Waals surface area contributed by atoms with Gasteiger partial charge in [0, 0.05) is 32.7 Å². The Balaban J connectivity index is 2.12. The minimum absolute atomic E-state index is 0.816. The lowest BCUT2D eigenvalue weighted by Gasteiger charge is -2.32. The van der Waals surface area contributed by atoms with Gasteiger partial charge < -0.3 is 9.64 Å². The average molecular weight is 220 g/mol. The van der Waals surface area contributed by atoms with Crippen molar-refractivity contribution in [1.29, 1.82) is 0 Å². The Kier molecular flexibility index (Phi) is 6.57. The molecule has 3 heteroatoms. The summed E-state index contributed by atoms with van der Waals surface area (Å²) in [4.78, 5) is 2.56. The standard InChI is InChI=1S/C11H22ClNO/c1-14-9-3-8-13-7-2-4-11(10-13)5-6-12/h11H,2-10H2,1H3. The van der Waals surface area contributed by atoms with Gasteiger partial charge in [-0.25, -0.2) is 0 Å². The van der Waals surface area contributed by atoms with Crippen LogP contribution in [-0.2, 0) is 4.74 Å². The molecule has 1 aliphatic rings. The maximum Gasteiger partial charge on any atom is 0.0474 e. The Labute approximate surface area is 92.6 Å². The van der Waals surface area contributed by atoms with Gasteiger partial charge in [0.2, 0.25) is 0 Å². The molecule has 1 heterocycles. The molecule has 1 unspecified atom stereocenters. The van der Waals surface area contributed by atoms with Crippen LogP contribution in [0.25, 0.3) is 0 Å². The molecule has 0 aromatic carbocycles. The van der Waals surface area contributed by atoms with Gasteiger partial charge in [-0.15, -0.1) is 11.6 Å². The molecule has 0 radical (unpaired) electrons. The third-order valence-corrected chi connectivity index (χ3v) is 3.16. The van der Waals surface area contributed by atoms with Crippen molar-refractivity contribution in [3.63, 3.8) is 0 Å². The molecule has 84 valence electrons. The highest BCUT2D eigenvalue weighted by atomic mass is 35.5. The van der Waals surface area contributed by atoms with Crippen LogP contribution in [0.1, 0.15) is 25.7 Å². The fourth-order valence-corrected chi connectivity index (χ4v) is 2.49. The first-order valence-corrected chi connectivity index (χ1v) is 6.17. The van der Waals surface area contributed by atoms with Crippen molar-refractivity contribution in [3.8, 4) is 0 Å². The first kappa shape index (κ1) is 12.3. The summed E-state index contributed by atoms with van der Waals surface area (Å²) in [6, 6.07) is 0. The van der Waals surface area contributed by atoms with Crippen molar-refractivity contribution < 1.29 is 4.74 Å². The number of halogens is 1. The van der Waals surface area contributed by atoms with Crippen molar-refractivity contribution in [2.24, 2.45) is 5.92 Å². The highest BCUT2D eigenvalue weighted by Crippen LogP contribution is 2.19. The van der Waals surface area contributed by atoms with E-state index < -0.39 is 0 Å². The molecule has 0 spiro atoms. The predicted molar refractivity (Wildman–Crippen MR) is 61.0 cm³/mol. The van der Waals surface area contributed by atoms with Crippen LogP contribution >= 0.6 is 11.6 Å². The van der Waals surface area contributed by atoms with Gasteiger partial charge in [0.05, 0.1) is 0 Å². The van der Waals surface area contributed by atoms with Crippen LogP contribution in [0.3, 0.4) is 0 Å². The van der Waals surface area contributed by atoms with Crippen molar-refractivity contribution in [2.45, 2.75) is 25.7 Å². The molecule has 1 atom stereocenters. The minimum Gasteiger partial charge on any atom is -0.385 e. The molecule has 1 fully saturated rings. The third kappa shape index (κ3) is 4.63. The molecule has 0 amide bonds. The van der Waals surface area contributed by atoms with Crippen molar-refractivity contribution >= 4 is 11.6 Å². The lowest BCUT2D eigenvalue weighted by Crippen LogP contribution is -2.36. The van der Waals surface area contributed by atoms with E-state index >= 15 is 0 Å². The van der Waals surface area contributed by atoms with E-state index in [1.807, 2.05) is 0 Å². The second kappa shape index (κ2) is 7.49. The van der Waals surface area contributed by atoms with E-state index in [9.17, 15) is 0 Å². The van der Waals surface area contributed by atoms with Crippen molar-refractivity contribution in [1.82, 2.24) is 4.90 Å². The summed E-state index contributed by atoms with van der Waals surface area (Å²) >= 11 is 5.77. The molecule has 0 aromatic rings. The van der Waals surface area contributed by atoms with E-state index in [-0.39, 0.29) is 0 Å². The monoisotopic (exact) mass is 219 g/mol. The van der Waals surface area contributed by atoms with Gasteiger partial charge in [0.1, 0.15) is 0 Å². The lowest BCUT2D eigenvalue weighted by atomic mass is 9.95. The van der Waals surface area contributed by atoms with E-state index in [4.69, 9.17) is 16.3 Å². The molecule has 2 nitrogen and oxygen atoms in total. The number of ether oxygens (including phenoxy) is 1. The summed E-state index contributed by atoms with van der Waals surface area (Å²) in [6.07, 6.45) is 5.05. The number of nitrogens with zero attached hydrogens (tertiary/aromatic N) is 1. The summed E-state index contributed by atoms with van der Waals surface area (Å²) in [7, 11) is 1.77. The Hall–Kier alpha value is 0.210. The Bertz CT molecular complexity index is 141. The van der Waals surface area contributed by atoms with Crippen LogP contribution in [0.4, 0.5) is 0 Å². The number of rotatable bonds is 6. The smallest absolute Gasteiger partial charge is 0.0474 e. The first-order chi connectivity index (χ1) is 6.86. The minimum atomic E-state index is 0.816. The number of alkyl halides is 1. The SMILES string of the molecule is COCCCN1CCCC(CCCl)C1. The Morgan fingerprint density at radius 3 is 3.07 bits per heavy atom. The van der Waals surface area contributed by atoms with E-state index in [1.54, 1.807) is 7.11 Å². The molecular formula is C11H22ClNO. The topological polar surface area (TPSA) is 12.5 Å². The molecular weight excluding hydrogens is 198 g/mol. The van der Waals surface area contributed by atoms with Crippen LogP contribution in [0.5, 0.6) is 0 Å². The lowest BCUT2D eigenvalue weighted by molar-refractivity contribution is 0.140. The summed E-state index contributed by atoms with van der Waals surface area (Å²) < 4.78 is 5.06. The zero-order valence-corrected chi connectivity index (χ0v) is 9.93. The molecule has 0 bridgehead atoms. The largest absolute Gasteiger partial charge is 0.385 e. The van der Waals surface area contributed by atoms with Crippen LogP contribution in [-0.4, -0.2) is 44.1 Å². The zero-order chi connectivity index (χ0) is 10.2. The fourth-order valence-electron chi connectivity index (χ4n) is 2.18. The molecule has 0 aliphatic carbocycles. The number of likely N-dealkylation sites (tertiary alicyclic amines) is 1. The maximum absolute atomic E-state index is 5.77. The van der Waals surface area contributed by atoms with Gasteiger partial charge in [-0.3, -0.25) is 0 Å². The highest BCUT2D eigenvalue weighted by Gasteiger charge is 2.18. The molecule has 1 rings (SSSR count). The Morgan fingerprint density at radius 2 is 2.36 bits per heavy atom. The van der Waals surface area contributed by atoms with E-state index in [1.165, 1.54) is 38.9 Å². The number of hydrogen-bond donors (Lipinski definition) is 0. The average Bonchev–Trinajstić information content (AvgIpc) is 2.19.